The van der Waals surface area contributed by atoms with Crippen LogP contribution in [0.15, 0.2) is 24.3 Å². The lowest BCUT2D eigenvalue weighted by molar-refractivity contribution is -0.126. The van der Waals surface area contributed by atoms with Crippen molar-refractivity contribution in [2.75, 3.05) is 6.61 Å². The summed E-state index contributed by atoms with van der Waals surface area (Å²) in [7, 11) is 0. The molecule has 1 aromatic carbocycles. The third-order valence-electron chi connectivity index (χ3n) is 1.87. The average molecular weight is 210 g/mol. The van der Waals surface area contributed by atoms with Gasteiger partial charge in [-0.1, -0.05) is 12.1 Å². The summed E-state index contributed by atoms with van der Waals surface area (Å²) < 4.78 is 0. The minimum absolute atomic E-state index is 0.0788. The summed E-state index contributed by atoms with van der Waals surface area (Å²) in [5.74, 6) is -0.315. The molecule has 82 valence electrons. The lowest BCUT2D eigenvalue weighted by Crippen LogP contribution is -2.26. The molecule has 0 radical (unpaired) electrons. The zero-order valence-corrected chi connectivity index (χ0v) is 8.43. The van der Waals surface area contributed by atoms with Crippen LogP contribution in [0.5, 0.6) is 5.75 Å². The van der Waals surface area contributed by atoms with Gasteiger partial charge in [0.15, 0.2) is 0 Å². The third kappa shape index (κ3) is 3.97. The normalized spacial score (nSPS) is 12.3. The number of amides is 1. The molecule has 0 saturated heterocycles. The molecule has 0 aliphatic carbocycles. The van der Waals surface area contributed by atoms with Crippen LogP contribution >= 0.6 is 0 Å². The maximum atomic E-state index is 10.4. The smallest absolute Gasteiger partial charge is 0.245 e. The molecule has 5 heteroatoms. The SMILES string of the molecule is CC(NOCC(N)=O)c1ccc(O)cc1. The molecule has 0 heterocycles. The van der Waals surface area contributed by atoms with Crippen molar-refractivity contribution in [3.63, 3.8) is 0 Å². The first-order valence-electron chi connectivity index (χ1n) is 4.54. The number of nitrogens with one attached hydrogen (secondary N) is 1. The molecule has 1 rings (SSSR count). The number of phenols is 1. The summed E-state index contributed by atoms with van der Waals surface area (Å²) in [6.07, 6.45) is 0. The lowest BCUT2D eigenvalue weighted by atomic mass is 10.1. The number of benzene rings is 1. The third-order valence-corrected chi connectivity index (χ3v) is 1.87. The fourth-order valence-electron chi connectivity index (χ4n) is 1.07. The minimum atomic E-state index is -0.527. The predicted molar refractivity (Wildman–Crippen MR) is 54.8 cm³/mol. The molecule has 0 spiro atoms. The molecule has 4 N–H and O–H groups in total. The highest BCUT2D eigenvalue weighted by molar-refractivity contribution is 5.74. The Balaban J connectivity index is 2.43. The van der Waals surface area contributed by atoms with E-state index in [1.807, 2.05) is 6.92 Å². The molecule has 1 atom stereocenters. The van der Waals surface area contributed by atoms with Crippen LogP contribution in [0, 0.1) is 0 Å². The number of hydrogen-bond acceptors (Lipinski definition) is 4. The van der Waals surface area contributed by atoms with E-state index < -0.39 is 5.91 Å². The summed E-state index contributed by atoms with van der Waals surface area (Å²) in [5, 5.41) is 9.07. The van der Waals surface area contributed by atoms with Gasteiger partial charge in [-0.3, -0.25) is 9.63 Å². The molecule has 0 aromatic heterocycles. The first-order chi connectivity index (χ1) is 7.09. The van der Waals surface area contributed by atoms with Gasteiger partial charge < -0.3 is 10.8 Å². The molecule has 1 amide bonds. The van der Waals surface area contributed by atoms with Crippen molar-refractivity contribution in [2.24, 2.45) is 5.73 Å². The lowest BCUT2D eigenvalue weighted by Gasteiger charge is -2.13. The number of primary amides is 1. The molecule has 0 bridgehead atoms. The summed E-state index contributed by atoms with van der Waals surface area (Å²) in [5.41, 5.74) is 8.51. The highest BCUT2D eigenvalue weighted by Crippen LogP contribution is 2.15. The van der Waals surface area contributed by atoms with Gasteiger partial charge in [-0.15, -0.1) is 0 Å². The number of hydroxylamine groups is 1. The van der Waals surface area contributed by atoms with Gasteiger partial charge in [-0.25, -0.2) is 0 Å². The van der Waals surface area contributed by atoms with Gasteiger partial charge in [0.25, 0.3) is 0 Å². The minimum Gasteiger partial charge on any atom is -0.508 e. The summed E-state index contributed by atoms with van der Waals surface area (Å²) >= 11 is 0. The van der Waals surface area contributed by atoms with E-state index in [4.69, 9.17) is 15.7 Å². The standard InChI is InChI=1S/C10H14N2O3/c1-7(12-15-6-10(11)14)8-2-4-9(13)5-3-8/h2-5,7,12-13H,6H2,1H3,(H2,11,14). The maximum absolute atomic E-state index is 10.4. The van der Waals surface area contributed by atoms with E-state index in [2.05, 4.69) is 5.48 Å². The summed E-state index contributed by atoms with van der Waals surface area (Å²) in [4.78, 5) is 15.2. The maximum Gasteiger partial charge on any atom is 0.245 e. The van der Waals surface area contributed by atoms with Gasteiger partial charge in [0.1, 0.15) is 12.4 Å². The van der Waals surface area contributed by atoms with Gasteiger partial charge in [-0.05, 0) is 24.6 Å². The molecule has 1 aromatic rings. The highest BCUT2D eigenvalue weighted by Gasteiger charge is 2.05. The first kappa shape index (κ1) is 11.5. The molecule has 15 heavy (non-hydrogen) atoms. The number of phenolic OH excluding ortho intramolecular Hbond substituents is 1. The Morgan fingerprint density at radius 3 is 2.67 bits per heavy atom. The number of rotatable bonds is 5. The Morgan fingerprint density at radius 1 is 1.53 bits per heavy atom. The van der Waals surface area contributed by atoms with Crippen molar-refractivity contribution >= 4 is 5.91 Å². The predicted octanol–water partition coefficient (Wildman–Crippen LogP) is 0.460. The Labute approximate surface area is 87.8 Å². The second kappa shape index (κ2) is 5.33. The van der Waals surface area contributed by atoms with Crippen molar-refractivity contribution in [1.82, 2.24) is 5.48 Å². The van der Waals surface area contributed by atoms with E-state index in [0.717, 1.165) is 5.56 Å². The van der Waals surface area contributed by atoms with Crippen LogP contribution in [0.1, 0.15) is 18.5 Å². The fourth-order valence-corrected chi connectivity index (χ4v) is 1.07. The topological polar surface area (TPSA) is 84.6 Å². The van der Waals surface area contributed by atoms with E-state index in [1.165, 1.54) is 0 Å². The number of aromatic hydroxyl groups is 1. The molecule has 1 unspecified atom stereocenters. The Bertz CT molecular complexity index is 324. The van der Waals surface area contributed by atoms with Crippen molar-refractivity contribution < 1.29 is 14.7 Å². The monoisotopic (exact) mass is 210 g/mol. The van der Waals surface area contributed by atoms with Crippen LogP contribution in [0.25, 0.3) is 0 Å². The Hall–Kier alpha value is -1.59. The summed E-state index contributed by atoms with van der Waals surface area (Å²) in [6, 6.07) is 6.62. The number of carbonyl (C=O) groups is 1. The van der Waals surface area contributed by atoms with Crippen LogP contribution in [-0.4, -0.2) is 17.6 Å². The van der Waals surface area contributed by atoms with E-state index in [-0.39, 0.29) is 18.4 Å². The Kier molecular flexibility index (Phi) is 4.08. The van der Waals surface area contributed by atoms with E-state index in [0.29, 0.717) is 0 Å². The van der Waals surface area contributed by atoms with Crippen LogP contribution in [-0.2, 0) is 9.63 Å². The van der Waals surface area contributed by atoms with Crippen LogP contribution < -0.4 is 11.2 Å². The molecular formula is C10H14N2O3. The second-order valence-corrected chi connectivity index (χ2v) is 3.19. The van der Waals surface area contributed by atoms with Gasteiger partial charge in [0.2, 0.25) is 5.91 Å². The molecular weight excluding hydrogens is 196 g/mol. The van der Waals surface area contributed by atoms with Crippen LogP contribution in [0.2, 0.25) is 0 Å². The first-order valence-corrected chi connectivity index (χ1v) is 4.54. The van der Waals surface area contributed by atoms with Gasteiger partial charge in [-0.2, -0.15) is 5.48 Å². The molecule has 5 nitrogen and oxygen atoms in total. The van der Waals surface area contributed by atoms with Crippen molar-refractivity contribution in [2.45, 2.75) is 13.0 Å². The largest absolute Gasteiger partial charge is 0.508 e. The zero-order valence-electron chi connectivity index (χ0n) is 8.43. The molecule has 0 fully saturated rings. The number of nitrogens with two attached hydrogens (primary N) is 1. The van der Waals surface area contributed by atoms with Gasteiger partial charge in [0.05, 0.1) is 6.04 Å². The zero-order chi connectivity index (χ0) is 11.3. The Morgan fingerprint density at radius 2 is 2.13 bits per heavy atom. The van der Waals surface area contributed by atoms with E-state index >= 15 is 0 Å². The van der Waals surface area contributed by atoms with Crippen LogP contribution in [0.4, 0.5) is 0 Å². The molecule has 0 aliphatic rings. The number of carbonyl (C=O) groups excluding carboxylic acids is 1. The van der Waals surface area contributed by atoms with Gasteiger partial charge in [0, 0.05) is 0 Å². The van der Waals surface area contributed by atoms with Crippen molar-refractivity contribution in [1.29, 1.82) is 0 Å². The fraction of sp³-hybridized carbons (Fsp3) is 0.300. The van der Waals surface area contributed by atoms with Crippen molar-refractivity contribution in [3.05, 3.63) is 29.8 Å². The second-order valence-electron chi connectivity index (χ2n) is 3.19. The quantitative estimate of drug-likeness (QED) is 0.616. The van der Waals surface area contributed by atoms with Gasteiger partial charge >= 0.3 is 0 Å². The molecule has 0 saturated carbocycles. The highest BCUT2D eigenvalue weighted by atomic mass is 16.6. The molecule has 0 aliphatic heterocycles. The van der Waals surface area contributed by atoms with E-state index in [9.17, 15) is 4.79 Å². The number of hydrogen-bond donors (Lipinski definition) is 3. The average Bonchev–Trinajstić information content (AvgIpc) is 2.18. The van der Waals surface area contributed by atoms with Crippen molar-refractivity contribution in [3.8, 4) is 5.75 Å². The van der Waals surface area contributed by atoms with Crippen LogP contribution in [0.3, 0.4) is 0 Å². The summed E-state index contributed by atoms with van der Waals surface area (Å²) in [6.45, 7) is 1.70. The van der Waals surface area contributed by atoms with E-state index in [1.54, 1.807) is 24.3 Å².